The molecule has 10 heteroatoms. The van der Waals surface area contributed by atoms with Gasteiger partial charge in [0.25, 0.3) is 0 Å². The summed E-state index contributed by atoms with van der Waals surface area (Å²) in [6.07, 6.45) is 3.12. The molecule has 0 aliphatic rings. The highest BCUT2D eigenvalue weighted by Gasteiger charge is 2.22. The number of pyridine rings is 1. The van der Waals surface area contributed by atoms with Gasteiger partial charge in [-0.25, -0.2) is 9.97 Å². The van der Waals surface area contributed by atoms with Gasteiger partial charge in [-0.3, -0.25) is 4.79 Å². The third-order valence-corrected chi connectivity index (χ3v) is 5.32. The van der Waals surface area contributed by atoms with Gasteiger partial charge >= 0.3 is 0 Å². The Morgan fingerprint density at radius 2 is 2.24 bits per heavy atom. The molecule has 3 aromatic heterocycles. The van der Waals surface area contributed by atoms with Crippen molar-refractivity contribution in [1.29, 1.82) is 5.26 Å². The number of carbonyl (C=O) groups excluding carboxylic acids is 1. The number of hydrogen-bond donors (Lipinski definition) is 2. The van der Waals surface area contributed by atoms with Crippen molar-refractivity contribution in [1.82, 2.24) is 20.1 Å². The predicted molar refractivity (Wildman–Crippen MR) is 107 cm³/mol. The molecule has 4 rings (SSSR count). The fraction of sp³-hybridized carbons (Fsp3) is 0.158. The minimum Gasteiger partial charge on any atom is -0.369 e. The van der Waals surface area contributed by atoms with Gasteiger partial charge in [0.15, 0.2) is 0 Å². The van der Waals surface area contributed by atoms with Crippen LogP contribution < -0.4 is 11.1 Å². The number of aromatic nitrogens is 4. The molecule has 0 saturated heterocycles. The van der Waals surface area contributed by atoms with Crippen LogP contribution in [0, 0.1) is 18.3 Å². The lowest BCUT2D eigenvalue weighted by Gasteiger charge is -2.14. The number of hydrogen-bond acceptors (Lipinski definition) is 9. The van der Waals surface area contributed by atoms with Crippen molar-refractivity contribution in [3.8, 4) is 17.5 Å². The zero-order chi connectivity index (χ0) is 20.4. The number of carbonyl (C=O) groups is 1. The van der Waals surface area contributed by atoms with Crippen LogP contribution in [0.25, 0.3) is 22.2 Å². The van der Waals surface area contributed by atoms with Gasteiger partial charge in [-0.1, -0.05) is 17.3 Å². The van der Waals surface area contributed by atoms with Crippen LogP contribution in [0.4, 0.5) is 5.82 Å². The van der Waals surface area contributed by atoms with Crippen LogP contribution in [0.15, 0.2) is 41.2 Å². The van der Waals surface area contributed by atoms with Crippen molar-refractivity contribution < 1.29 is 9.32 Å². The van der Waals surface area contributed by atoms with E-state index in [9.17, 15) is 4.79 Å². The Balaban J connectivity index is 1.64. The van der Waals surface area contributed by atoms with E-state index in [1.54, 1.807) is 13.1 Å². The molecule has 0 saturated carbocycles. The average Bonchev–Trinajstić information content (AvgIpc) is 3.37. The topological polar surface area (TPSA) is 144 Å². The van der Waals surface area contributed by atoms with Crippen molar-refractivity contribution >= 4 is 33.8 Å². The highest BCUT2D eigenvalue weighted by atomic mass is 32.1. The van der Waals surface area contributed by atoms with Crippen LogP contribution in [0.3, 0.4) is 0 Å². The molecule has 0 aliphatic carbocycles. The van der Waals surface area contributed by atoms with Gasteiger partial charge < -0.3 is 15.6 Å². The van der Waals surface area contributed by atoms with Crippen molar-refractivity contribution in [3.63, 3.8) is 0 Å². The molecule has 0 radical (unpaired) electrons. The summed E-state index contributed by atoms with van der Waals surface area (Å²) in [7, 11) is 0. The van der Waals surface area contributed by atoms with E-state index in [-0.39, 0.29) is 6.54 Å². The first kappa shape index (κ1) is 18.5. The van der Waals surface area contributed by atoms with E-state index in [1.807, 2.05) is 30.3 Å². The number of nitrogens with zero attached hydrogens (tertiary/aromatic N) is 5. The van der Waals surface area contributed by atoms with E-state index in [4.69, 9.17) is 15.5 Å². The molecule has 0 bridgehead atoms. The van der Waals surface area contributed by atoms with Gasteiger partial charge in [-0.2, -0.15) is 10.2 Å². The van der Waals surface area contributed by atoms with Gasteiger partial charge in [0.2, 0.25) is 17.6 Å². The number of aryl methyl sites for hydroxylation is 1. The van der Waals surface area contributed by atoms with E-state index in [1.165, 1.54) is 6.20 Å². The molecule has 1 atom stereocenters. The van der Waals surface area contributed by atoms with Gasteiger partial charge in [0.1, 0.15) is 27.7 Å². The van der Waals surface area contributed by atoms with E-state index >= 15 is 0 Å². The highest BCUT2D eigenvalue weighted by molar-refractivity contribution is 7.12. The van der Waals surface area contributed by atoms with E-state index in [0.717, 1.165) is 27.7 Å². The van der Waals surface area contributed by atoms with Crippen LogP contribution in [0.2, 0.25) is 0 Å². The summed E-state index contributed by atoms with van der Waals surface area (Å²) in [5.41, 5.74) is 6.34. The number of nitrogens with one attached hydrogen (secondary N) is 1. The smallest absolute Gasteiger partial charge is 0.229 e. The molecule has 0 fully saturated rings. The Morgan fingerprint density at radius 3 is 2.93 bits per heavy atom. The van der Waals surface area contributed by atoms with Crippen LogP contribution in [0.5, 0.6) is 0 Å². The second kappa shape index (κ2) is 7.65. The minimum atomic E-state index is -0.679. The van der Waals surface area contributed by atoms with E-state index in [0.29, 0.717) is 27.4 Å². The Kier molecular flexibility index (Phi) is 4.88. The van der Waals surface area contributed by atoms with Gasteiger partial charge in [-0.15, -0.1) is 11.3 Å². The lowest BCUT2D eigenvalue weighted by molar-refractivity contribution is -0.119. The fourth-order valence-electron chi connectivity index (χ4n) is 2.87. The zero-order valence-electron chi connectivity index (χ0n) is 15.3. The monoisotopic (exact) mass is 405 g/mol. The molecule has 3 heterocycles. The molecule has 1 aromatic carbocycles. The number of rotatable bonds is 6. The van der Waals surface area contributed by atoms with Gasteiger partial charge in [0.05, 0.1) is 6.20 Å². The quantitative estimate of drug-likeness (QED) is 0.498. The van der Waals surface area contributed by atoms with Crippen LogP contribution in [-0.2, 0) is 4.79 Å². The van der Waals surface area contributed by atoms with E-state index < -0.39 is 11.8 Å². The maximum absolute atomic E-state index is 11.9. The van der Waals surface area contributed by atoms with Crippen LogP contribution in [-0.4, -0.2) is 32.6 Å². The second-order valence-electron chi connectivity index (χ2n) is 6.24. The number of fused-ring (bicyclic) bond motifs is 1. The van der Waals surface area contributed by atoms with Crippen molar-refractivity contribution in [2.45, 2.75) is 12.8 Å². The molecule has 0 aliphatic heterocycles. The molecule has 1 unspecified atom stereocenters. The number of amides is 1. The second-order valence-corrected chi connectivity index (χ2v) is 7.31. The fourth-order valence-corrected chi connectivity index (χ4v) is 3.70. The Hall–Kier alpha value is -3.84. The molecule has 4 aromatic rings. The van der Waals surface area contributed by atoms with Gasteiger partial charge in [-0.05, 0) is 17.5 Å². The normalized spacial score (nSPS) is 11.9. The average molecular weight is 405 g/mol. The number of benzene rings is 1. The highest BCUT2D eigenvalue weighted by Crippen LogP contribution is 2.28. The third kappa shape index (κ3) is 3.76. The van der Waals surface area contributed by atoms with Crippen LogP contribution >= 0.6 is 11.3 Å². The summed E-state index contributed by atoms with van der Waals surface area (Å²) in [5, 5.41) is 18.4. The Morgan fingerprint density at radius 1 is 1.38 bits per heavy atom. The first-order valence-corrected chi connectivity index (χ1v) is 9.45. The molecule has 1 amide bonds. The summed E-state index contributed by atoms with van der Waals surface area (Å²) in [4.78, 5) is 25.2. The number of thiazole rings is 1. The standard InChI is InChI=1S/C19H15N7O2S/c1-10-25-17(26-28-10)12-3-2-11-4-5-22-18(14(11)6-12)23-9-15(16(21)27)19-24-8-13(7-20)29-19/h2-6,8,15H,9H2,1H3,(H2,21,27)(H,22,23). The summed E-state index contributed by atoms with van der Waals surface area (Å²) in [5.74, 6) is 0.352. The summed E-state index contributed by atoms with van der Waals surface area (Å²) in [6, 6.07) is 9.65. The Bertz CT molecular complexity index is 1240. The van der Waals surface area contributed by atoms with Crippen molar-refractivity contribution in [2.75, 3.05) is 11.9 Å². The molecule has 3 N–H and O–H groups in total. The SMILES string of the molecule is Cc1nc(-c2ccc3ccnc(NCC(C(N)=O)c4ncc(C#N)s4)c3c2)no1. The predicted octanol–water partition coefficient (Wildman–Crippen LogP) is 2.60. The summed E-state index contributed by atoms with van der Waals surface area (Å²) in [6.45, 7) is 1.93. The summed E-state index contributed by atoms with van der Waals surface area (Å²) >= 11 is 1.15. The molecule has 9 nitrogen and oxygen atoms in total. The molecular weight excluding hydrogens is 390 g/mol. The Labute approximate surface area is 169 Å². The first-order valence-electron chi connectivity index (χ1n) is 8.63. The zero-order valence-corrected chi connectivity index (χ0v) is 16.1. The molecule has 0 spiro atoms. The largest absolute Gasteiger partial charge is 0.369 e. The molecule has 29 heavy (non-hydrogen) atoms. The molecular formula is C19H15N7O2S. The third-order valence-electron chi connectivity index (χ3n) is 4.30. The number of nitriles is 1. The minimum absolute atomic E-state index is 0.200. The van der Waals surface area contributed by atoms with Gasteiger partial charge in [0, 0.05) is 30.6 Å². The van der Waals surface area contributed by atoms with Crippen molar-refractivity contribution in [3.05, 3.63) is 52.4 Å². The summed E-state index contributed by atoms with van der Waals surface area (Å²) < 4.78 is 5.05. The number of anilines is 1. The van der Waals surface area contributed by atoms with Crippen molar-refractivity contribution in [2.24, 2.45) is 5.73 Å². The maximum Gasteiger partial charge on any atom is 0.229 e. The van der Waals surface area contributed by atoms with E-state index in [2.05, 4.69) is 25.4 Å². The molecule has 144 valence electrons. The maximum atomic E-state index is 11.9. The number of nitrogens with two attached hydrogens (primary N) is 1. The first-order chi connectivity index (χ1) is 14.0. The lowest BCUT2D eigenvalue weighted by atomic mass is 10.1. The lowest BCUT2D eigenvalue weighted by Crippen LogP contribution is -2.27. The number of primary amides is 1. The van der Waals surface area contributed by atoms with Crippen LogP contribution in [0.1, 0.15) is 21.7 Å².